The maximum Gasteiger partial charge on any atom is 0.143 e. The molecule has 0 saturated carbocycles. The van der Waals surface area contributed by atoms with Crippen LogP contribution in [0.2, 0.25) is 6.04 Å². The molecule has 2 aromatic carbocycles. The van der Waals surface area contributed by atoms with Gasteiger partial charge in [-0.15, -0.1) is 6.58 Å². The lowest BCUT2D eigenvalue weighted by Crippen LogP contribution is -2.61. The second-order valence-electron chi connectivity index (χ2n) is 5.68. The summed E-state index contributed by atoms with van der Waals surface area (Å²) in [6, 6.07) is 13.8. The number of halogens is 2. The summed E-state index contributed by atoms with van der Waals surface area (Å²) in [6.07, 6.45) is 5.65. The van der Waals surface area contributed by atoms with E-state index in [1.807, 2.05) is 30.3 Å². The summed E-state index contributed by atoms with van der Waals surface area (Å²) in [5.74, 6) is -0.555. The summed E-state index contributed by atoms with van der Waals surface area (Å²) >= 11 is 0. The highest BCUT2D eigenvalue weighted by Gasteiger charge is 2.37. The van der Waals surface area contributed by atoms with Gasteiger partial charge in [-0.3, -0.25) is 4.68 Å². The predicted molar refractivity (Wildman–Crippen MR) is 92.8 cm³/mol. The highest BCUT2D eigenvalue weighted by atomic mass is 28.3. The molecule has 0 radical (unpaired) electrons. The van der Waals surface area contributed by atoms with E-state index >= 15 is 0 Å². The third-order valence-corrected chi connectivity index (χ3v) is 8.91. The van der Waals surface area contributed by atoms with Gasteiger partial charge in [-0.05, 0) is 30.3 Å². The van der Waals surface area contributed by atoms with Crippen LogP contribution in [0.5, 0.6) is 0 Å². The van der Waals surface area contributed by atoms with Crippen molar-refractivity contribution >= 4 is 18.4 Å². The van der Waals surface area contributed by atoms with Gasteiger partial charge in [-0.1, -0.05) is 40.7 Å². The summed E-state index contributed by atoms with van der Waals surface area (Å²) < 4.78 is 28.6. The van der Waals surface area contributed by atoms with E-state index in [1.165, 1.54) is 30.6 Å². The fourth-order valence-electron chi connectivity index (χ4n) is 3.02. The minimum Gasteiger partial charge on any atom is -0.255 e. The second kappa shape index (κ2) is 6.88. The van der Waals surface area contributed by atoms with E-state index in [-0.39, 0.29) is 11.6 Å². The number of hydrogen-bond donors (Lipinski definition) is 0. The maximum atomic E-state index is 13.4. The molecule has 0 N–H and O–H groups in total. The number of benzene rings is 2. The highest BCUT2D eigenvalue weighted by Crippen LogP contribution is 2.16. The monoisotopic (exact) mass is 341 g/mol. The van der Waals surface area contributed by atoms with Crippen LogP contribution in [0.25, 0.3) is 0 Å². The minimum atomic E-state index is -2.39. The summed E-state index contributed by atoms with van der Waals surface area (Å²) in [5, 5.41) is 6.32. The van der Waals surface area contributed by atoms with Gasteiger partial charge >= 0.3 is 0 Å². The Morgan fingerprint density at radius 2 is 1.50 bits per heavy atom. The molecular formula is C18H17F2N3Si. The van der Waals surface area contributed by atoms with Crippen molar-refractivity contribution in [2.45, 2.75) is 12.2 Å². The first-order chi connectivity index (χ1) is 11.6. The van der Waals surface area contributed by atoms with Crippen LogP contribution < -0.4 is 10.4 Å². The van der Waals surface area contributed by atoms with Crippen molar-refractivity contribution in [1.82, 2.24) is 14.8 Å². The van der Waals surface area contributed by atoms with Crippen molar-refractivity contribution in [2.75, 3.05) is 0 Å². The summed E-state index contributed by atoms with van der Waals surface area (Å²) in [6.45, 7) is 3.90. The Labute approximate surface area is 140 Å². The lowest BCUT2D eigenvalue weighted by Gasteiger charge is -2.32. The van der Waals surface area contributed by atoms with Gasteiger partial charge in [-0.2, -0.15) is 5.10 Å². The molecule has 0 spiro atoms. The molecule has 0 saturated heterocycles. The number of allylic oxidation sites excluding steroid dienone is 1. The first kappa shape index (κ1) is 16.3. The predicted octanol–water partition coefficient (Wildman–Crippen LogP) is 2.54. The topological polar surface area (TPSA) is 30.7 Å². The van der Waals surface area contributed by atoms with Crippen LogP contribution in [-0.4, -0.2) is 22.8 Å². The van der Waals surface area contributed by atoms with E-state index in [0.29, 0.717) is 6.17 Å². The second-order valence-corrected chi connectivity index (χ2v) is 9.73. The molecule has 3 nitrogen and oxygen atoms in total. The van der Waals surface area contributed by atoms with Crippen LogP contribution in [0.4, 0.5) is 8.78 Å². The van der Waals surface area contributed by atoms with Gasteiger partial charge in [0.15, 0.2) is 0 Å². The molecule has 6 heteroatoms. The van der Waals surface area contributed by atoms with E-state index in [9.17, 15) is 8.78 Å². The van der Waals surface area contributed by atoms with Crippen LogP contribution in [0.3, 0.4) is 0 Å². The quantitative estimate of drug-likeness (QED) is 0.510. The fourth-order valence-corrected chi connectivity index (χ4v) is 7.14. The lowest BCUT2D eigenvalue weighted by molar-refractivity contribution is 0.628. The lowest BCUT2D eigenvalue weighted by atomic mass is 10.3. The van der Waals surface area contributed by atoms with Crippen molar-refractivity contribution in [1.29, 1.82) is 0 Å². The average Bonchev–Trinajstić information content (AvgIpc) is 3.08. The van der Waals surface area contributed by atoms with Gasteiger partial charge in [0.2, 0.25) is 0 Å². The molecule has 0 bridgehead atoms. The summed E-state index contributed by atoms with van der Waals surface area (Å²) in [4.78, 5) is 4.01. The molecule has 122 valence electrons. The standard InChI is InChI=1S/C18H17F2N3Si/c1-2-11-24(14-23-13-21-12-22-23,17-7-3-15(19)4-8-17)18-9-5-16(20)6-10-18/h2-10,12-13H,1,11,14H2. The van der Waals surface area contributed by atoms with Gasteiger partial charge in [-0.25, -0.2) is 13.8 Å². The molecule has 0 aliphatic carbocycles. The largest absolute Gasteiger partial charge is 0.255 e. The third-order valence-electron chi connectivity index (χ3n) is 4.18. The number of aromatic nitrogens is 3. The van der Waals surface area contributed by atoms with Crippen LogP contribution >= 0.6 is 0 Å². The Bertz CT molecular complexity index is 754. The molecule has 0 unspecified atom stereocenters. The molecule has 1 heterocycles. The molecule has 0 fully saturated rings. The van der Waals surface area contributed by atoms with Gasteiger partial charge in [0.05, 0.1) is 0 Å². The molecule has 3 aromatic rings. The summed E-state index contributed by atoms with van der Waals surface area (Å²) in [7, 11) is -2.39. The Balaban J connectivity index is 2.17. The van der Waals surface area contributed by atoms with Crippen molar-refractivity contribution in [3.05, 3.63) is 85.5 Å². The number of nitrogens with zero attached hydrogens (tertiary/aromatic N) is 3. The van der Waals surface area contributed by atoms with Gasteiger partial charge in [0, 0.05) is 6.17 Å². The van der Waals surface area contributed by atoms with E-state index in [0.717, 1.165) is 16.4 Å². The van der Waals surface area contributed by atoms with Crippen molar-refractivity contribution < 1.29 is 8.78 Å². The van der Waals surface area contributed by atoms with E-state index < -0.39 is 8.07 Å². The van der Waals surface area contributed by atoms with Crippen LogP contribution in [-0.2, 0) is 6.17 Å². The average molecular weight is 341 g/mol. The zero-order chi connectivity index (χ0) is 17.0. The fraction of sp³-hybridized carbons (Fsp3) is 0.111. The molecule has 24 heavy (non-hydrogen) atoms. The molecule has 3 rings (SSSR count). The Kier molecular flexibility index (Phi) is 4.66. The van der Waals surface area contributed by atoms with Crippen molar-refractivity contribution in [3.63, 3.8) is 0 Å². The zero-order valence-corrected chi connectivity index (χ0v) is 14.1. The van der Waals surface area contributed by atoms with Crippen LogP contribution in [0, 0.1) is 11.6 Å². The smallest absolute Gasteiger partial charge is 0.143 e. The first-order valence-electron chi connectivity index (χ1n) is 7.59. The molecule has 0 aliphatic heterocycles. The van der Waals surface area contributed by atoms with Gasteiger partial charge in [0.25, 0.3) is 0 Å². The molecule has 1 aromatic heterocycles. The SMILES string of the molecule is C=CC[Si](Cn1cncn1)(c1ccc(F)cc1)c1ccc(F)cc1. The van der Waals surface area contributed by atoms with Gasteiger partial charge < -0.3 is 0 Å². The van der Waals surface area contributed by atoms with Crippen molar-refractivity contribution in [2.24, 2.45) is 0 Å². The highest BCUT2D eigenvalue weighted by molar-refractivity contribution is 7.01. The van der Waals surface area contributed by atoms with Crippen LogP contribution in [0.15, 0.2) is 73.8 Å². The number of rotatable bonds is 6. The molecular weight excluding hydrogens is 324 g/mol. The Hall–Kier alpha value is -2.60. The summed E-state index contributed by atoms with van der Waals surface area (Å²) in [5.41, 5.74) is 0. The van der Waals surface area contributed by atoms with E-state index in [1.54, 1.807) is 11.0 Å². The number of hydrogen-bond acceptors (Lipinski definition) is 2. The Morgan fingerprint density at radius 3 is 1.92 bits per heavy atom. The third kappa shape index (κ3) is 3.19. The Morgan fingerprint density at radius 1 is 0.958 bits per heavy atom. The van der Waals surface area contributed by atoms with E-state index in [2.05, 4.69) is 16.7 Å². The van der Waals surface area contributed by atoms with Gasteiger partial charge in [0.1, 0.15) is 32.4 Å². The normalized spacial score (nSPS) is 11.4. The van der Waals surface area contributed by atoms with Crippen molar-refractivity contribution in [3.8, 4) is 0 Å². The minimum absolute atomic E-state index is 0.278. The maximum absolute atomic E-state index is 13.4. The first-order valence-corrected chi connectivity index (χ1v) is 10.0. The molecule has 0 atom stereocenters. The van der Waals surface area contributed by atoms with Crippen LogP contribution in [0.1, 0.15) is 0 Å². The molecule has 0 amide bonds. The van der Waals surface area contributed by atoms with E-state index in [4.69, 9.17) is 0 Å². The molecule has 0 aliphatic rings. The zero-order valence-electron chi connectivity index (χ0n) is 13.1.